The molecule has 27 heavy (non-hydrogen) atoms. The number of nitro groups is 1. The van der Waals surface area contributed by atoms with Gasteiger partial charge in [0.05, 0.1) is 30.3 Å². The molecule has 0 unspecified atom stereocenters. The van der Waals surface area contributed by atoms with E-state index in [-0.39, 0.29) is 10.6 Å². The van der Waals surface area contributed by atoms with Crippen molar-refractivity contribution in [1.82, 2.24) is 0 Å². The average molecular weight is 361 g/mol. The summed E-state index contributed by atoms with van der Waals surface area (Å²) >= 11 is 0. The van der Waals surface area contributed by atoms with Crippen molar-refractivity contribution in [3.63, 3.8) is 0 Å². The molecule has 0 spiro atoms. The molecule has 0 aliphatic carbocycles. The van der Waals surface area contributed by atoms with Crippen molar-refractivity contribution < 1.29 is 14.4 Å². The second-order valence-electron chi connectivity index (χ2n) is 5.78. The van der Waals surface area contributed by atoms with Crippen LogP contribution in [-0.2, 0) is 0 Å². The summed E-state index contributed by atoms with van der Waals surface area (Å²) in [5, 5.41) is 12.1. The fourth-order valence-corrected chi connectivity index (χ4v) is 2.97. The normalized spacial score (nSPS) is 11.5. The Bertz CT molecular complexity index is 966. The van der Waals surface area contributed by atoms with Crippen LogP contribution in [0.3, 0.4) is 0 Å². The molecule has 5 nitrogen and oxygen atoms in total. The second kappa shape index (κ2) is 8.19. The lowest BCUT2D eigenvalue weighted by Gasteiger charge is -2.13. The first-order valence-corrected chi connectivity index (χ1v) is 8.37. The van der Waals surface area contributed by atoms with Crippen molar-refractivity contribution in [3.8, 4) is 11.5 Å². The van der Waals surface area contributed by atoms with E-state index < -0.39 is 0 Å². The topological polar surface area (TPSA) is 61.6 Å². The Balaban J connectivity index is 2.34. The zero-order valence-electron chi connectivity index (χ0n) is 15.1. The zero-order valence-corrected chi connectivity index (χ0v) is 15.1. The van der Waals surface area contributed by atoms with E-state index in [2.05, 4.69) is 0 Å². The molecule has 0 saturated heterocycles. The standard InChI is InChI=1S/C22H19NO4/c1-26-19-14-13-18(15-20(19)27-2)21(16-9-5-3-6-10-16)22(23(24)25)17-11-7-4-8-12-17/h3-15H,1-2H3/b22-21+. The monoisotopic (exact) mass is 361 g/mol. The van der Waals surface area contributed by atoms with Gasteiger partial charge < -0.3 is 9.47 Å². The summed E-state index contributed by atoms with van der Waals surface area (Å²) in [6, 6.07) is 23.5. The summed E-state index contributed by atoms with van der Waals surface area (Å²) in [6.45, 7) is 0. The third-order valence-electron chi connectivity index (χ3n) is 4.20. The fraction of sp³-hybridized carbons (Fsp3) is 0.0909. The molecule has 0 heterocycles. The number of nitrogens with zero attached hydrogens (tertiary/aromatic N) is 1. The van der Waals surface area contributed by atoms with Crippen molar-refractivity contribution >= 4 is 11.3 Å². The highest BCUT2D eigenvalue weighted by atomic mass is 16.6. The number of methoxy groups -OCH3 is 2. The van der Waals surface area contributed by atoms with E-state index in [4.69, 9.17) is 9.47 Å². The minimum absolute atomic E-state index is 0.0361. The van der Waals surface area contributed by atoms with E-state index in [1.165, 1.54) is 0 Å². The molecule has 0 aliphatic heterocycles. The highest BCUT2D eigenvalue weighted by Crippen LogP contribution is 2.37. The molecule has 0 atom stereocenters. The van der Waals surface area contributed by atoms with E-state index in [0.717, 1.165) is 5.56 Å². The predicted octanol–water partition coefficient (Wildman–Crippen LogP) is 4.90. The number of benzene rings is 3. The molecule has 0 aromatic heterocycles. The molecule has 0 saturated carbocycles. The van der Waals surface area contributed by atoms with E-state index in [9.17, 15) is 10.1 Å². The smallest absolute Gasteiger partial charge is 0.284 e. The molecule has 0 fully saturated rings. The maximum Gasteiger partial charge on any atom is 0.284 e. The molecule has 0 aliphatic rings. The summed E-state index contributed by atoms with van der Waals surface area (Å²) in [5.41, 5.74) is 2.52. The SMILES string of the molecule is COc1ccc(/C(=C(\c2ccccc2)[N+](=O)[O-])c2ccccc2)cc1OC. The molecule has 0 amide bonds. The van der Waals surface area contributed by atoms with Gasteiger partial charge in [0, 0.05) is 0 Å². The maximum atomic E-state index is 12.1. The van der Waals surface area contributed by atoms with Crippen LogP contribution in [0, 0.1) is 10.1 Å². The van der Waals surface area contributed by atoms with Gasteiger partial charge in [0.1, 0.15) is 0 Å². The Labute approximate surface area is 157 Å². The van der Waals surface area contributed by atoms with Gasteiger partial charge in [0.15, 0.2) is 11.5 Å². The minimum atomic E-state index is -0.339. The highest BCUT2D eigenvalue weighted by molar-refractivity contribution is 5.96. The Kier molecular flexibility index (Phi) is 5.52. The van der Waals surface area contributed by atoms with Crippen LogP contribution in [0.15, 0.2) is 78.9 Å². The van der Waals surface area contributed by atoms with Crippen LogP contribution in [0.4, 0.5) is 0 Å². The largest absolute Gasteiger partial charge is 0.493 e. The molecular weight excluding hydrogens is 342 g/mol. The van der Waals surface area contributed by atoms with Gasteiger partial charge in [-0.05, 0) is 35.4 Å². The van der Waals surface area contributed by atoms with Gasteiger partial charge in [-0.3, -0.25) is 10.1 Å². The van der Waals surface area contributed by atoms with Crippen LogP contribution in [-0.4, -0.2) is 19.1 Å². The van der Waals surface area contributed by atoms with Gasteiger partial charge in [-0.25, -0.2) is 0 Å². The Morgan fingerprint density at radius 3 is 1.81 bits per heavy atom. The molecule has 0 bridgehead atoms. The van der Waals surface area contributed by atoms with Crippen LogP contribution >= 0.6 is 0 Å². The van der Waals surface area contributed by atoms with E-state index >= 15 is 0 Å². The van der Waals surface area contributed by atoms with E-state index in [0.29, 0.717) is 28.2 Å². The van der Waals surface area contributed by atoms with Crippen LogP contribution in [0.5, 0.6) is 11.5 Å². The molecule has 136 valence electrons. The van der Waals surface area contributed by atoms with Crippen molar-refractivity contribution in [1.29, 1.82) is 0 Å². The van der Waals surface area contributed by atoms with E-state index in [1.807, 2.05) is 36.4 Å². The van der Waals surface area contributed by atoms with Gasteiger partial charge in [-0.15, -0.1) is 0 Å². The van der Waals surface area contributed by atoms with Gasteiger partial charge >= 0.3 is 0 Å². The van der Waals surface area contributed by atoms with Gasteiger partial charge in [-0.2, -0.15) is 0 Å². The maximum absolute atomic E-state index is 12.1. The van der Waals surface area contributed by atoms with Crippen LogP contribution in [0.25, 0.3) is 11.3 Å². The number of hydrogen-bond acceptors (Lipinski definition) is 4. The summed E-state index contributed by atoms with van der Waals surface area (Å²) in [7, 11) is 3.09. The van der Waals surface area contributed by atoms with Crippen LogP contribution in [0.1, 0.15) is 16.7 Å². The Morgan fingerprint density at radius 1 is 0.741 bits per heavy atom. The first kappa shape index (κ1) is 18.2. The zero-order chi connectivity index (χ0) is 19.2. The molecular formula is C22H19NO4. The minimum Gasteiger partial charge on any atom is -0.493 e. The molecule has 0 N–H and O–H groups in total. The average Bonchev–Trinajstić information content (AvgIpc) is 2.72. The molecule has 3 rings (SSSR count). The van der Waals surface area contributed by atoms with Crippen molar-refractivity contribution in [2.24, 2.45) is 0 Å². The molecule has 3 aromatic rings. The third kappa shape index (κ3) is 3.82. The predicted molar refractivity (Wildman–Crippen MR) is 105 cm³/mol. The van der Waals surface area contributed by atoms with E-state index in [1.54, 1.807) is 56.7 Å². The van der Waals surface area contributed by atoms with Crippen molar-refractivity contribution in [2.75, 3.05) is 14.2 Å². The van der Waals surface area contributed by atoms with Gasteiger partial charge in [0.2, 0.25) is 0 Å². The van der Waals surface area contributed by atoms with Crippen LogP contribution in [0.2, 0.25) is 0 Å². The molecule has 0 radical (unpaired) electrons. The summed E-state index contributed by atoms with van der Waals surface area (Å²) in [5.74, 6) is 1.08. The lowest BCUT2D eigenvalue weighted by molar-refractivity contribution is -0.374. The first-order chi connectivity index (χ1) is 13.2. The van der Waals surface area contributed by atoms with Crippen LogP contribution < -0.4 is 9.47 Å². The second-order valence-corrected chi connectivity index (χ2v) is 5.78. The first-order valence-electron chi connectivity index (χ1n) is 8.37. The number of rotatable bonds is 6. The summed E-state index contributed by atoms with van der Waals surface area (Å²) in [6.07, 6.45) is 0. The lowest BCUT2D eigenvalue weighted by Crippen LogP contribution is -2.04. The highest BCUT2D eigenvalue weighted by Gasteiger charge is 2.24. The fourth-order valence-electron chi connectivity index (χ4n) is 2.97. The Morgan fingerprint density at radius 2 is 1.30 bits per heavy atom. The quantitative estimate of drug-likeness (QED) is 0.356. The van der Waals surface area contributed by atoms with Crippen molar-refractivity contribution in [3.05, 3.63) is 106 Å². The third-order valence-corrected chi connectivity index (χ3v) is 4.20. The lowest BCUT2D eigenvalue weighted by atomic mass is 9.93. The summed E-state index contributed by atoms with van der Waals surface area (Å²) in [4.78, 5) is 11.7. The summed E-state index contributed by atoms with van der Waals surface area (Å²) < 4.78 is 10.7. The van der Waals surface area contributed by atoms with Crippen molar-refractivity contribution in [2.45, 2.75) is 0 Å². The van der Waals surface area contributed by atoms with Gasteiger partial charge in [-0.1, -0.05) is 54.6 Å². The Hall–Kier alpha value is -3.60. The molecule has 5 heteroatoms. The van der Waals surface area contributed by atoms with Gasteiger partial charge in [0.25, 0.3) is 5.70 Å². The number of ether oxygens (including phenoxy) is 2. The number of hydrogen-bond donors (Lipinski definition) is 0. The molecule has 3 aromatic carbocycles.